The first-order chi connectivity index (χ1) is 15.4. The average Bonchev–Trinajstić information content (AvgIpc) is 2.72. The molecule has 0 fully saturated rings. The third kappa shape index (κ3) is 13.8. The fraction of sp³-hybridized carbons (Fsp3) is 0.700. The highest BCUT2D eigenvalue weighted by atomic mass is 28.3. The molecular weight excluding hydrogens is 432 g/mol. The van der Waals surface area contributed by atoms with Crippen LogP contribution in [0.3, 0.4) is 0 Å². The molecule has 0 saturated carbocycles. The van der Waals surface area contributed by atoms with E-state index in [2.05, 4.69) is 31.2 Å². The lowest BCUT2D eigenvalue weighted by atomic mass is 10.2. The van der Waals surface area contributed by atoms with E-state index in [1.165, 1.54) is 6.07 Å². The molecule has 0 bridgehead atoms. The van der Waals surface area contributed by atoms with Crippen LogP contribution >= 0.6 is 0 Å². The highest BCUT2D eigenvalue weighted by Gasteiger charge is 2.13. The van der Waals surface area contributed by atoms with Crippen molar-refractivity contribution in [2.45, 2.75) is 58.9 Å². The number of anilines is 1. The van der Waals surface area contributed by atoms with Gasteiger partial charge in [0.2, 0.25) is 5.95 Å². The number of aromatic nitrogens is 2. The minimum absolute atomic E-state index is 0.127. The maximum Gasteiger partial charge on any atom is 0.384 e. The van der Waals surface area contributed by atoms with E-state index in [0.717, 1.165) is 38.1 Å². The van der Waals surface area contributed by atoms with Gasteiger partial charge in [-0.2, -0.15) is 0 Å². The summed E-state index contributed by atoms with van der Waals surface area (Å²) in [4.78, 5) is 41.4. The molecule has 0 aliphatic carbocycles. The molecule has 0 spiro atoms. The molecule has 0 atom stereocenters. The van der Waals surface area contributed by atoms with E-state index >= 15 is 0 Å². The van der Waals surface area contributed by atoms with Crippen molar-refractivity contribution in [2.24, 2.45) is 0 Å². The van der Waals surface area contributed by atoms with Gasteiger partial charge < -0.3 is 24.8 Å². The molecule has 5 N–H and O–H groups in total. The Bertz CT molecular complexity index is 727. The molecule has 32 heavy (non-hydrogen) atoms. The van der Waals surface area contributed by atoms with Crippen molar-refractivity contribution in [3.8, 4) is 0 Å². The Morgan fingerprint density at radius 2 is 1.50 bits per heavy atom. The first-order valence-corrected chi connectivity index (χ1v) is 12.7. The molecule has 0 unspecified atom stereocenters. The molecule has 181 valence electrons. The van der Waals surface area contributed by atoms with Crippen molar-refractivity contribution >= 4 is 27.3 Å². The molecule has 0 aliphatic rings. The smallest absolute Gasteiger partial charge is 0.384 e. The van der Waals surface area contributed by atoms with E-state index < -0.39 is 15.3 Å². The number of nitrogens with one attached hydrogen (secondary N) is 5. The molecule has 1 heterocycles. The monoisotopic (exact) mass is 469 g/mol. The normalized spacial score (nSPS) is 10.8. The number of aryl methyl sites for hydroxylation is 1. The number of hydrogen-bond donors (Lipinski definition) is 5. The first kappa shape index (κ1) is 27.6. The Kier molecular flexibility index (Phi) is 14.8. The van der Waals surface area contributed by atoms with Gasteiger partial charge >= 0.3 is 21.3 Å². The summed E-state index contributed by atoms with van der Waals surface area (Å²) in [5.41, 5.74) is 0.220. The van der Waals surface area contributed by atoms with Gasteiger partial charge in [-0.1, -0.05) is 12.8 Å². The van der Waals surface area contributed by atoms with Crippen molar-refractivity contribution in [1.29, 1.82) is 0 Å². The predicted octanol–water partition coefficient (Wildman–Crippen LogP) is 2.01. The Balaban J connectivity index is 1.98. The number of amides is 4. The first-order valence-electron chi connectivity index (χ1n) is 11.2. The van der Waals surface area contributed by atoms with Crippen molar-refractivity contribution in [3.63, 3.8) is 0 Å². The fourth-order valence-corrected chi connectivity index (χ4v) is 4.28. The predicted molar refractivity (Wildman–Crippen MR) is 125 cm³/mol. The van der Waals surface area contributed by atoms with Crippen LogP contribution in [0.2, 0.25) is 6.04 Å². The summed E-state index contributed by atoms with van der Waals surface area (Å²) >= 11 is 0. The van der Waals surface area contributed by atoms with Gasteiger partial charge in [0.1, 0.15) is 0 Å². The Morgan fingerprint density at radius 1 is 0.938 bits per heavy atom. The number of carbonyl (C=O) groups is 2. The molecule has 12 heteroatoms. The standard InChI is InChI=1S/C20H37N6O5Si/c1-4-30-32(31-5-2)14-10-13-22-19(28)21-11-8-6-7-9-12-23-20(29)26-18-24-16(3)15-17(27)25-18/h15H,4-14H2,1-3H3,(H2,21,22,28)(H3,23,24,25,26,27,29). The average molecular weight is 470 g/mol. The quantitative estimate of drug-likeness (QED) is 0.185. The van der Waals surface area contributed by atoms with Gasteiger partial charge in [0.25, 0.3) is 5.56 Å². The Morgan fingerprint density at radius 3 is 2.06 bits per heavy atom. The number of nitrogens with zero attached hydrogens (tertiary/aromatic N) is 1. The summed E-state index contributed by atoms with van der Waals surface area (Å²) in [6, 6.07) is 1.63. The second-order valence-electron chi connectivity index (χ2n) is 7.05. The van der Waals surface area contributed by atoms with E-state index in [-0.39, 0.29) is 17.5 Å². The van der Waals surface area contributed by atoms with Crippen molar-refractivity contribution in [3.05, 3.63) is 22.1 Å². The van der Waals surface area contributed by atoms with Crippen LogP contribution in [0.4, 0.5) is 15.5 Å². The number of unbranched alkanes of at least 4 members (excludes halogenated alkanes) is 3. The lowest BCUT2D eigenvalue weighted by Gasteiger charge is -2.13. The van der Waals surface area contributed by atoms with Crippen molar-refractivity contribution in [2.75, 3.05) is 38.2 Å². The van der Waals surface area contributed by atoms with Crippen LogP contribution in [0.1, 0.15) is 51.6 Å². The molecule has 11 nitrogen and oxygen atoms in total. The van der Waals surface area contributed by atoms with Crippen LogP contribution in [-0.2, 0) is 8.85 Å². The zero-order valence-electron chi connectivity index (χ0n) is 19.3. The summed E-state index contributed by atoms with van der Waals surface area (Å²) in [5, 5.41) is 10.9. The van der Waals surface area contributed by atoms with Gasteiger partial charge in [-0.15, -0.1) is 0 Å². The number of H-pyrrole nitrogens is 1. The lowest BCUT2D eigenvalue weighted by molar-refractivity contribution is 0.212. The Labute approximate surface area is 191 Å². The van der Waals surface area contributed by atoms with Crippen LogP contribution < -0.4 is 26.8 Å². The number of urea groups is 2. The molecule has 0 saturated heterocycles. The third-order valence-corrected chi connectivity index (χ3v) is 6.21. The molecule has 1 aromatic heterocycles. The third-order valence-electron chi connectivity index (χ3n) is 4.23. The van der Waals surface area contributed by atoms with Gasteiger partial charge in [-0.05, 0) is 46.1 Å². The van der Waals surface area contributed by atoms with Crippen LogP contribution in [-0.4, -0.2) is 64.2 Å². The summed E-state index contributed by atoms with van der Waals surface area (Å²) < 4.78 is 11.1. The van der Waals surface area contributed by atoms with Gasteiger partial charge in [-0.3, -0.25) is 15.1 Å². The topological polar surface area (TPSA) is 146 Å². The van der Waals surface area contributed by atoms with Gasteiger partial charge in [-0.25, -0.2) is 14.6 Å². The van der Waals surface area contributed by atoms with Crippen LogP contribution in [0, 0.1) is 6.92 Å². The maximum absolute atomic E-state index is 11.8. The van der Waals surface area contributed by atoms with Crippen molar-refractivity contribution in [1.82, 2.24) is 25.9 Å². The summed E-state index contributed by atoms with van der Waals surface area (Å²) in [6.07, 6.45) is 4.41. The van der Waals surface area contributed by atoms with Gasteiger partial charge in [0.05, 0.1) is 0 Å². The second-order valence-corrected chi connectivity index (χ2v) is 8.88. The highest BCUT2D eigenvalue weighted by Crippen LogP contribution is 2.01. The van der Waals surface area contributed by atoms with Crippen molar-refractivity contribution < 1.29 is 18.4 Å². The number of hydrogen-bond acceptors (Lipinski definition) is 6. The number of rotatable bonds is 16. The number of carbonyl (C=O) groups excluding carboxylic acids is 2. The Hall–Kier alpha value is -2.44. The highest BCUT2D eigenvalue weighted by molar-refractivity contribution is 6.44. The fourth-order valence-electron chi connectivity index (χ4n) is 2.80. The van der Waals surface area contributed by atoms with Gasteiger partial charge in [0.15, 0.2) is 0 Å². The van der Waals surface area contributed by atoms with E-state index in [0.29, 0.717) is 38.5 Å². The molecule has 0 aromatic carbocycles. The van der Waals surface area contributed by atoms with Crippen LogP contribution in [0.25, 0.3) is 0 Å². The van der Waals surface area contributed by atoms with Crippen LogP contribution in [0.5, 0.6) is 0 Å². The molecule has 0 aliphatic heterocycles. The summed E-state index contributed by atoms with van der Waals surface area (Å²) in [7, 11) is -1.22. The molecule has 1 aromatic rings. The minimum atomic E-state index is -1.22. The second kappa shape index (κ2) is 17.2. The zero-order chi connectivity index (χ0) is 23.6. The maximum atomic E-state index is 11.8. The largest absolute Gasteiger partial charge is 0.394 e. The van der Waals surface area contributed by atoms with E-state index in [1.807, 2.05) is 13.8 Å². The molecule has 1 rings (SSSR count). The van der Waals surface area contributed by atoms with E-state index in [1.54, 1.807) is 6.92 Å². The SMILES string of the molecule is CCO[Si](CCCNC(=O)NCCCCCCNC(=O)Nc1nc(C)cc(=O)[nH]1)OCC. The number of aromatic amines is 1. The zero-order valence-corrected chi connectivity index (χ0v) is 20.3. The van der Waals surface area contributed by atoms with Gasteiger partial charge in [0, 0.05) is 44.6 Å². The summed E-state index contributed by atoms with van der Waals surface area (Å²) in [6.45, 7) is 8.62. The molecule has 1 radical (unpaired) electrons. The molecular formula is C20H37N6O5Si. The van der Waals surface area contributed by atoms with Crippen LogP contribution in [0.15, 0.2) is 10.9 Å². The van der Waals surface area contributed by atoms with E-state index in [4.69, 9.17) is 8.85 Å². The molecule has 4 amide bonds. The summed E-state index contributed by atoms with van der Waals surface area (Å²) in [5.74, 6) is 0.127. The lowest BCUT2D eigenvalue weighted by Crippen LogP contribution is -2.37. The minimum Gasteiger partial charge on any atom is -0.394 e. The van der Waals surface area contributed by atoms with E-state index in [9.17, 15) is 14.4 Å².